The third kappa shape index (κ3) is 5.60. The van der Waals surface area contributed by atoms with E-state index in [0.717, 1.165) is 16.8 Å². The highest BCUT2D eigenvalue weighted by atomic mass is 35.5. The Hall–Kier alpha value is -3.62. The number of nitrogens with one attached hydrogen (secondary N) is 2. The quantitative estimate of drug-likeness (QED) is 0.188. The molecule has 4 aromatic rings. The van der Waals surface area contributed by atoms with Crippen molar-refractivity contribution in [2.75, 3.05) is 10.6 Å². The summed E-state index contributed by atoms with van der Waals surface area (Å²) in [6.45, 7) is 3.94. The summed E-state index contributed by atoms with van der Waals surface area (Å²) >= 11 is 10.4. The molecule has 7 nitrogen and oxygen atoms in total. The van der Waals surface area contributed by atoms with Gasteiger partial charge in [-0.05, 0) is 61.9 Å². The molecule has 3 aromatic carbocycles. The summed E-state index contributed by atoms with van der Waals surface area (Å²) < 4.78 is 1.72. The van der Waals surface area contributed by atoms with Gasteiger partial charge in [0, 0.05) is 11.3 Å². The first kappa shape index (κ1) is 22.6. The van der Waals surface area contributed by atoms with Crippen LogP contribution in [0.25, 0.3) is 17.1 Å². The lowest BCUT2D eigenvalue weighted by molar-refractivity contribution is 0.259. The maximum Gasteiger partial charge on any atom is 0.347 e. The van der Waals surface area contributed by atoms with E-state index in [9.17, 15) is 4.79 Å². The molecule has 0 saturated heterocycles. The monoisotopic (exact) mass is 476 g/mol. The standard InChI is InChI=1S/C24H21ClN6OS/c1-15-6-12-19(13-7-15)31-14-26-22(30-31)17-8-10-18(11-9-17)27-23(32)29-24(33)28-21-16(2)4-3-5-20(21)25/h3-14H,1-2H3,(H3,27,28,29,32,33). The zero-order valence-electron chi connectivity index (χ0n) is 18.0. The summed E-state index contributed by atoms with van der Waals surface area (Å²) in [4.78, 5) is 20.6. The zero-order valence-corrected chi connectivity index (χ0v) is 19.6. The largest absolute Gasteiger partial charge is 0.347 e. The van der Waals surface area contributed by atoms with Gasteiger partial charge in [0.25, 0.3) is 0 Å². The molecule has 0 radical (unpaired) electrons. The normalized spacial score (nSPS) is 11.3. The lowest BCUT2D eigenvalue weighted by Crippen LogP contribution is -2.13. The summed E-state index contributed by atoms with van der Waals surface area (Å²) in [5.74, 6) is 0.587. The third-order valence-electron chi connectivity index (χ3n) is 4.85. The number of thiol groups is 1. The Morgan fingerprint density at radius 3 is 2.42 bits per heavy atom. The number of rotatable bonds is 4. The number of anilines is 2. The van der Waals surface area contributed by atoms with Crippen LogP contribution in [0, 0.1) is 13.8 Å². The molecule has 0 fully saturated rings. The van der Waals surface area contributed by atoms with Gasteiger partial charge in [0.1, 0.15) is 6.33 Å². The van der Waals surface area contributed by atoms with Crippen LogP contribution >= 0.6 is 24.2 Å². The fraction of sp³-hybridized carbons (Fsp3) is 0.0833. The van der Waals surface area contributed by atoms with E-state index in [-0.39, 0.29) is 5.17 Å². The number of aromatic nitrogens is 3. The van der Waals surface area contributed by atoms with Crippen LogP contribution in [0.15, 0.2) is 78.0 Å². The predicted octanol–water partition coefficient (Wildman–Crippen LogP) is 6.13. The molecule has 2 amide bonds. The highest BCUT2D eigenvalue weighted by Gasteiger charge is 2.09. The lowest BCUT2D eigenvalue weighted by atomic mass is 10.2. The van der Waals surface area contributed by atoms with Crippen LogP contribution in [-0.4, -0.2) is 26.0 Å². The van der Waals surface area contributed by atoms with Crippen LogP contribution in [0.2, 0.25) is 5.02 Å². The molecule has 0 unspecified atom stereocenters. The van der Waals surface area contributed by atoms with Crippen LogP contribution < -0.4 is 10.6 Å². The van der Waals surface area contributed by atoms with Crippen molar-refractivity contribution in [3.8, 4) is 17.1 Å². The second-order valence-corrected chi connectivity index (χ2v) is 8.18. The van der Waals surface area contributed by atoms with Crippen LogP contribution in [0.5, 0.6) is 0 Å². The number of hydrogen-bond donors (Lipinski definition) is 3. The first-order chi connectivity index (χ1) is 15.9. The minimum Gasteiger partial charge on any atom is -0.333 e. The minimum absolute atomic E-state index is 0.131. The Morgan fingerprint density at radius 1 is 1.00 bits per heavy atom. The molecule has 2 N–H and O–H groups in total. The Bertz CT molecular complexity index is 1300. The van der Waals surface area contributed by atoms with Gasteiger partial charge in [-0.25, -0.2) is 14.5 Å². The molecule has 0 aliphatic heterocycles. The first-order valence-electron chi connectivity index (χ1n) is 10.1. The van der Waals surface area contributed by atoms with E-state index in [1.165, 1.54) is 5.56 Å². The van der Waals surface area contributed by atoms with Crippen molar-refractivity contribution in [3.05, 3.63) is 89.2 Å². The second-order valence-electron chi connectivity index (χ2n) is 7.35. The lowest BCUT2D eigenvalue weighted by Gasteiger charge is -2.10. The number of aryl methyl sites for hydroxylation is 2. The van der Waals surface area contributed by atoms with Gasteiger partial charge in [-0.1, -0.05) is 41.4 Å². The summed E-state index contributed by atoms with van der Waals surface area (Å²) in [5, 5.41) is 10.8. The van der Waals surface area contributed by atoms with Crippen molar-refractivity contribution in [2.45, 2.75) is 13.8 Å². The Morgan fingerprint density at radius 2 is 1.73 bits per heavy atom. The number of carbonyl (C=O) groups excluding carboxylic acids is 1. The topological polar surface area (TPSA) is 84.2 Å². The first-order valence-corrected chi connectivity index (χ1v) is 10.9. The number of aliphatic imine (C=N–C) groups is 1. The molecule has 0 spiro atoms. The number of carbonyl (C=O) groups is 1. The van der Waals surface area contributed by atoms with Gasteiger partial charge < -0.3 is 10.6 Å². The average Bonchev–Trinajstić information content (AvgIpc) is 3.27. The van der Waals surface area contributed by atoms with Gasteiger partial charge in [-0.3, -0.25) is 0 Å². The molecule has 0 atom stereocenters. The third-order valence-corrected chi connectivity index (χ3v) is 5.38. The van der Waals surface area contributed by atoms with E-state index in [2.05, 4.69) is 38.3 Å². The van der Waals surface area contributed by atoms with Crippen LogP contribution in [0.3, 0.4) is 0 Å². The molecular formula is C24H21ClN6OS. The number of amides is 2. The fourth-order valence-electron chi connectivity index (χ4n) is 3.10. The maximum absolute atomic E-state index is 12.3. The maximum atomic E-state index is 12.3. The summed E-state index contributed by atoms with van der Waals surface area (Å²) in [7, 11) is 0. The van der Waals surface area contributed by atoms with E-state index in [1.807, 2.05) is 62.4 Å². The van der Waals surface area contributed by atoms with Gasteiger partial charge in [0.05, 0.1) is 16.4 Å². The number of urea groups is 1. The van der Waals surface area contributed by atoms with Crippen molar-refractivity contribution in [3.63, 3.8) is 0 Å². The molecule has 33 heavy (non-hydrogen) atoms. The number of benzene rings is 3. The van der Waals surface area contributed by atoms with Gasteiger partial charge in [0.15, 0.2) is 11.0 Å². The Kier molecular flexibility index (Phi) is 6.76. The molecule has 0 aliphatic carbocycles. The summed E-state index contributed by atoms with van der Waals surface area (Å²) in [6.07, 6.45) is 1.67. The Labute approximate surface area is 202 Å². The van der Waals surface area contributed by atoms with Crippen LogP contribution in [0.4, 0.5) is 16.2 Å². The molecule has 166 valence electrons. The predicted molar refractivity (Wildman–Crippen MR) is 137 cm³/mol. The van der Waals surface area contributed by atoms with Crippen molar-refractivity contribution < 1.29 is 4.79 Å². The highest BCUT2D eigenvalue weighted by Crippen LogP contribution is 2.25. The van der Waals surface area contributed by atoms with Crippen LogP contribution in [0.1, 0.15) is 11.1 Å². The van der Waals surface area contributed by atoms with Gasteiger partial charge in [-0.2, -0.15) is 4.99 Å². The highest BCUT2D eigenvalue weighted by molar-refractivity contribution is 7.97. The van der Waals surface area contributed by atoms with Crippen molar-refractivity contribution >= 4 is 46.8 Å². The minimum atomic E-state index is -0.563. The van der Waals surface area contributed by atoms with Gasteiger partial charge in [0.2, 0.25) is 0 Å². The zero-order chi connectivity index (χ0) is 23.4. The number of nitrogens with zero attached hydrogens (tertiary/aromatic N) is 4. The molecule has 1 aromatic heterocycles. The van der Waals surface area contributed by atoms with Crippen molar-refractivity contribution in [2.24, 2.45) is 4.99 Å². The van der Waals surface area contributed by atoms with E-state index < -0.39 is 6.03 Å². The smallest absolute Gasteiger partial charge is 0.333 e. The molecule has 0 aliphatic rings. The van der Waals surface area contributed by atoms with Gasteiger partial charge >= 0.3 is 6.03 Å². The van der Waals surface area contributed by atoms with E-state index in [0.29, 0.717) is 22.2 Å². The van der Waals surface area contributed by atoms with Crippen molar-refractivity contribution in [1.29, 1.82) is 0 Å². The van der Waals surface area contributed by atoms with Gasteiger partial charge in [-0.15, -0.1) is 17.7 Å². The average molecular weight is 477 g/mol. The second kappa shape index (κ2) is 9.89. The van der Waals surface area contributed by atoms with Crippen LogP contribution in [-0.2, 0) is 0 Å². The summed E-state index contributed by atoms with van der Waals surface area (Å²) in [6, 6.07) is 20.2. The van der Waals surface area contributed by atoms with E-state index in [4.69, 9.17) is 11.6 Å². The number of hydrogen-bond acceptors (Lipinski definition) is 3. The molecule has 4 rings (SSSR count). The summed E-state index contributed by atoms with van der Waals surface area (Å²) in [5.41, 5.74) is 5.10. The Balaban J connectivity index is 1.41. The molecule has 0 bridgehead atoms. The van der Waals surface area contributed by atoms with Crippen molar-refractivity contribution in [1.82, 2.24) is 14.8 Å². The number of para-hydroxylation sites is 1. The molecule has 9 heteroatoms. The van der Waals surface area contributed by atoms with E-state index in [1.54, 1.807) is 29.2 Å². The SMILES string of the molecule is Cc1ccc(-n2cnc(-c3ccc(NC(=O)/N=C(\S)Nc4c(C)cccc4Cl)cc3)n2)cc1. The molecular weight excluding hydrogens is 456 g/mol. The molecule has 1 heterocycles. The number of halogens is 1. The fourth-order valence-corrected chi connectivity index (χ4v) is 3.57. The van der Waals surface area contributed by atoms with E-state index >= 15 is 0 Å². The molecule has 0 saturated carbocycles. The number of amidine groups is 1.